The van der Waals surface area contributed by atoms with Crippen LogP contribution in [-0.2, 0) is 19.1 Å². The van der Waals surface area contributed by atoms with E-state index in [-0.39, 0.29) is 0 Å². The number of hydrogen-bond acceptors (Lipinski definition) is 5. The van der Waals surface area contributed by atoms with Crippen molar-refractivity contribution in [1.82, 2.24) is 5.32 Å². The van der Waals surface area contributed by atoms with E-state index in [1.165, 1.54) is 7.11 Å². The van der Waals surface area contributed by atoms with Gasteiger partial charge in [-0.15, -0.1) is 0 Å². The van der Waals surface area contributed by atoms with Crippen LogP contribution in [0.4, 0.5) is 0 Å². The van der Waals surface area contributed by atoms with Crippen LogP contribution >= 0.6 is 23.2 Å². The summed E-state index contributed by atoms with van der Waals surface area (Å²) in [4.78, 5) is 25.5. The summed E-state index contributed by atoms with van der Waals surface area (Å²) in [6.45, 7) is 3.91. The van der Waals surface area contributed by atoms with Crippen LogP contribution in [0.5, 0.6) is 0 Å². The molecule has 7 heteroatoms. The fourth-order valence-electron chi connectivity index (χ4n) is 3.26. The number of ether oxygens (including phenoxy) is 2. The number of carbonyl (C=O) groups excluding carboxylic acids is 2. The molecule has 1 aromatic carbocycles. The van der Waals surface area contributed by atoms with Crippen molar-refractivity contribution in [3.63, 3.8) is 0 Å². The van der Waals surface area contributed by atoms with Gasteiger partial charge in [0.05, 0.1) is 40.8 Å². The molecule has 1 atom stereocenters. The number of hydrogen-bond donors (Lipinski definition) is 1. The highest BCUT2D eigenvalue weighted by Crippen LogP contribution is 2.43. The highest BCUT2D eigenvalue weighted by molar-refractivity contribution is 6.42. The second-order valence-electron chi connectivity index (χ2n) is 6.81. The van der Waals surface area contributed by atoms with Gasteiger partial charge in [-0.3, -0.25) is 0 Å². The first-order valence-electron chi connectivity index (χ1n) is 8.73. The zero-order valence-corrected chi connectivity index (χ0v) is 16.9. The predicted octanol–water partition coefficient (Wildman–Crippen LogP) is 4.35. The summed E-state index contributed by atoms with van der Waals surface area (Å²) in [5.41, 5.74) is 2.42. The fourth-order valence-corrected chi connectivity index (χ4v) is 3.67. The summed E-state index contributed by atoms with van der Waals surface area (Å²) >= 11 is 12.6. The Labute approximate surface area is 168 Å². The van der Waals surface area contributed by atoms with Gasteiger partial charge in [0, 0.05) is 11.4 Å². The largest absolute Gasteiger partial charge is 0.466 e. The molecule has 1 aromatic rings. The van der Waals surface area contributed by atoms with E-state index in [1.54, 1.807) is 32.0 Å². The smallest absolute Gasteiger partial charge is 0.336 e. The lowest BCUT2D eigenvalue weighted by molar-refractivity contribution is -0.140. The van der Waals surface area contributed by atoms with Crippen LogP contribution in [0.3, 0.4) is 0 Å². The molecule has 0 spiro atoms. The van der Waals surface area contributed by atoms with Crippen LogP contribution in [0, 0.1) is 5.92 Å². The number of carbonyl (C=O) groups is 2. The minimum Gasteiger partial charge on any atom is -0.466 e. The maximum atomic E-state index is 12.9. The van der Waals surface area contributed by atoms with Gasteiger partial charge in [-0.05, 0) is 44.2 Å². The Kier molecular flexibility index (Phi) is 5.82. The molecule has 0 saturated heterocycles. The van der Waals surface area contributed by atoms with Crippen molar-refractivity contribution in [2.24, 2.45) is 5.92 Å². The van der Waals surface area contributed by atoms with Gasteiger partial charge in [0.15, 0.2) is 0 Å². The first kappa shape index (κ1) is 19.8. The minimum atomic E-state index is -0.725. The third-order valence-electron chi connectivity index (χ3n) is 4.83. The Morgan fingerprint density at radius 2 is 1.74 bits per heavy atom. The maximum Gasteiger partial charge on any atom is 0.336 e. The molecule has 1 saturated carbocycles. The Morgan fingerprint density at radius 3 is 2.33 bits per heavy atom. The maximum absolute atomic E-state index is 12.9. The van der Waals surface area contributed by atoms with Crippen LogP contribution in [-0.4, -0.2) is 25.7 Å². The van der Waals surface area contributed by atoms with E-state index in [9.17, 15) is 9.59 Å². The monoisotopic (exact) mass is 409 g/mol. The molecule has 3 rings (SSSR count). The van der Waals surface area contributed by atoms with Crippen LogP contribution in [0.15, 0.2) is 40.7 Å². The van der Waals surface area contributed by atoms with Gasteiger partial charge >= 0.3 is 11.9 Å². The molecule has 1 N–H and O–H groups in total. The number of methoxy groups -OCH3 is 1. The van der Waals surface area contributed by atoms with Crippen molar-refractivity contribution >= 4 is 35.1 Å². The van der Waals surface area contributed by atoms with Gasteiger partial charge in [0.1, 0.15) is 0 Å². The first-order valence-corrected chi connectivity index (χ1v) is 9.48. The average molecular weight is 410 g/mol. The predicted molar refractivity (Wildman–Crippen MR) is 103 cm³/mol. The minimum absolute atomic E-state index is 0.292. The van der Waals surface area contributed by atoms with E-state index in [0.717, 1.165) is 12.8 Å². The van der Waals surface area contributed by atoms with Crippen molar-refractivity contribution in [3.05, 3.63) is 56.3 Å². The van der Waals surface area contributed by atoms with E-state index < -0.39 is 17.9 Å². The molecular weight excluding hydrogens is 389 g/mol. The fraction of sp³-hybridized carbons (Fsp3) is 0.400. The van der Waals surface area contributed by atoms with E-state index in [1.807, 2.05) is 0 Å². The number of allylic oxidation sites excluding steroid dienone is 2. The summed E-state index contributed by atoms with van der Waals surface area (Å²) in [5.74, 6) is -1.31. The Bertz CT molecular complexity index is 856. The summed E-state index contributed by atoms with van der Waals surface area (Å²) in [7, 11) is 1.30. The second kappa shape index (κ2) is 7.95. The molecule has 144 valence electrons. The molecular formula is C20H21Cl2NO4. The van der Waals surface area contributed by atoms with Crippen LogP contribution in [0.25, 0.3) is 0 Å². The molecule has 0 amide bonds. The topological polar surface area (TPSA) is 64.6 Å². The first-order chi connectivity index (χ1) is 12.8. The normalized spacial score (nSPS) is 19.7. The third kappa shape index (κ3) is 3.99. The molecule has 2 aliphatic rings. The quantitative estimate of drug-likeness (QED) is 0.731. The van der Waals surface area contributed by atoms with Crippen LogP contribution in [0.1, 0.15) is 38.2 Å². The summed E-state index contributed by atoms with van der Waals surface area (Å²) in [6, 6.07) is 5.14. The van der Waals surface area contributed by atoms with Gasteiger partial charge in [0.25, 0.3) is 0 Å². The van der Waals surface area contributed by atoms with Gasteiger partial charge in [-0.1, -0.05) is 35.3 Å². The zero-order chi connectivity index (χ0) is 19.7. The lowest BCUT2D eigenvalue weighted by Crippen LogP contribution is -2.32. The van der Waals surface area contributed by atoms with Crippen molar-refractivity contribution < 1.29 is 19.1 Å². The van der Waals surface area contributed by atoms with Crippen molar-refractivity contribution in [2.75, 3.05) is 13.7 Å². The summed E-state index contributed by atoms with van der Waals surface area (Å²) in [5, 5.41) is 3.73. The Hall–Kier alpha value is -1.98. The summed E-state index contributed by atoms with van der Waals surface area (Å²) < 4.78 is 10.5. The molecule has 0 radical (unpaired) electrons. The molecule has 1 fully saturated rings. The highest BCUT2D eigenvalue weighted by atomic mass is 35.5. The molecule has 1 aliphatic heterocycles. The van der Waals surface area contributed by atoms with Crippen LogP contribution < -0.4 is 5.32 Å². The van der Waals surface area contributed by atoms with Crippen molar-refractivity contribution in [1.29, 1.82) is 0 Å². The number of esters is 2. The number of halogens is 2. The van der Waals surface area contributed by atoms with Crippen molar-refractivity contribution in [3.8, 4) is 0 Å². The van der Waals surface area contributed by atoms with Gasteiger partial charge < -0.3 is 14.8 Å². The molecule has 1 aliphatic carbocycles. The summed E-state index contributed by atoms with van der Waals surface area (Å²) in [6.07, 6.45) is 2.14. The lowest BCUT2D eigenvalue weighted by atomic mass is 9.80. The standard InChI is InChI=1S/C20H21Cl2NO4/c1-10-15(19(24)26-3)17(13-5-4-6-14(21)18(13)22)16(11(2)23-10)20(25)27-9-12-7-8-12/h4-6,12,17,23H,7-9H2,1-3H3. The molecule has 27 heavy (non-hydrogen) atoms. The van der Waals surface area contributed by atoms with Gasteiger partial charge in [-0.2, -0.15) is 0 Å². The Balaban J connectivity index is 2.10. The van der Waals surface area contributed by atoms with Gasteiger partial charge in [-0.25, -0.2) is 9.59 Å². The molecule has 1 unspecified atom stereocenters. The lowest BCUT2D eigenvalue weighted by Gasteiger charge is -2.30. The second-order valence-corrected chi connectivity index (χ2v) is 7.60. The number of benzene rings is 1. The third-order valence-corrected chi connectivity index (χ3v) is 5.66. The van der Waals surface area contributed by atoms with E-state index in [2.05, 4.69) is 5.32 Å². The zero-order valence-electron chi connectivity index (χ0n) is 15.4. The molecule has 1 heterocycles. The average Bonchev–Trinajstić information content (AvgIpc) is 3.45. The van der Waals surface area contributed by atoms with E-state index in [0.29, 0.717) is 50.7 Å². The van der Waals surface area contributed by atoms with Crippen LogP contribution in [0.2, 0.25) is 10.0 Å². The van der Waals surface area contributed by atoms with E-state index >= 15 is 0 Å². The van der Waals surface area contributed by atoms with Gasteiger partial charge in [0.2, 0.25) is 0 Å². The molecule has 0 bridgehead atoms. The molecule has 5 nitrogen and oxygen atoms in total. The molecule has 0 aromatic heterocycles. The number of nitrogens with one attached hydrogen (secondary N) is 1. The van der Waals surface area contributed by atoms with Crippen molar-refractivity contribution in [2.45, 2.75) is 32.6 Å². The number of dihydropyridines is 1. The van der Waals surface area contributed by atoms with E-state index in [4.69, 9.17) is 32.7 Å². The number of rotatable bonds is 5. The SMILES string of the molecule is COC(=O)C1=C(C)NC(C)=C(C(=O)OCC2CC2)C1c1cccc(Cl)c1Cl. The Morgan fingerprint density at radius 1 is 1.11 bits per heavy atom. The highest BCUT2D eigenvalue weighted by Gasteiger charge is 2.39.